The molecule has 0 fully saturated rings. The van der Waals surface area contributed by atoms with Crippen LogP contribution >= 0.6 is 0 Å². The molecule has 4 aliphatic rings. The standard InChI is InChI=1S/C40H46N2/c1-5-7-11-33-13-9-15-39(29-33)41(35-21-17-31(3)18-22-35)37-25-27-38(28-26-37)42(36-23-19-32(4)20-24-36)40-16-10-14-34(30-40)12-8-6-2/h5-7,9-11,13,16-23,25,27,29-30,34,36,39H,1-2,8,12,14-15,24,26,28H2,3-4H3/b11-7-. The first-order valence-corrected chi connectivity index (χ1v) is 15.6. The van der Waals surface area contributed by atoms with Gasteiger partial charge in [0.1, 0.15) is 0 Å². The number of nitrogens with zero attached hydrogens (tertiary/aromatic N) is 2. The minimum atomic E-state index is 0.267. The predicted molar refractivity (Wildman–Crippen MR) is 182 cm³/mol. The summed E-state index contributed by atoms with van der Waals surface area (Å²) in [6.45, 7) is 12.2. The van der Waals surface area contributed by atoms with E-state index in [0.717, 1.165) is 44.9 Å². The molecule has 5 rings (SSSR count). The smallest absolute Gasteiger partial charge is 0.0562 e. The van der Waals surface area contributed by atoms with Crippen LogP contribution < -0.4 is 4.90 Å². The SMILES string of the molecule is C=C/C=C\C1=CC(N(C2=CC=C(N(C3=CC(CCC=C)CC=C3)C3C=CC(C)=CC3)CC2)c2ccc(C)cc2)CC=C1. The Morgan fingerprint density at radius 2 is 1.60 bits per heavy atom. The van der Waals surface area contributed by atoms with Crippen LogP contribution in [-0.2, 0) is 0 Å². The van der Waals surface area contributed by atoms with Gasteiger partial charge in [0.25, 0.3) is 0 Å². The lowest BCUT2D eigenvalue weighted by Crippen LogP contribution is -2.37. The van der Waals surface area contributed by atoms with Gasteiger partial charge in [-0.2, -0.15) is 0 Å². The van der Waals surface area contributed by atoms with Gasteiger partial charge in [-0.3, -0.25) is 0 Å². The lowest BCUT2D eigenvalue weighted by Gasteiger charge is -2.40. The van der Waals surface area contributed by atoms with Crippen LogP contribution in [0.15, 0.2) is 157 Å². The first kappa shape index (κ1) is 29.5. The Morgan fingerprint density at radius 1 is 0.833 bits per heavy atom. The van der Waals surface area contributed by atoms with Crippen molar-refractivity contribution in [2.45, 2.75) is 70.9 Å². The molecule has 1 aromatic rings. The van der Waals surface area contributed by atoms with Crippen molar-refractivity contribution < 1.29 is 0 Å². The zero-order chi connectivity index (χ0) is 29.3. The molecule has 0 radical (unpaired) electrons. The Bertz CT molecular complexity index is 1420. The highest BCUT2D eigenvalue weighted by atomic mass is 15.2. The van der Waals surface area contributed by atoms with Crippen LogP contribution in [0, 0.1) is 12.8 Å². The van der Waals surface area contributed by atoms with Crippen LogP contribution in [0.2, 0.25) is 0 Å². The highest BCUT2D eigenvalue weighted by Gasteiger charge is 2.28. The van der Waals surface area contributed by atoms with Crippen molar-refractivity contribution in [1.82, 2.24) is 4.90 Å². The molecule has 0 bridgehead atoms. The molecule has 4 aliphatic carbocycles. The Balaban J connectivity index is 1.49. The number of benzene rings is 1. The molecule has 1 aromatic carbocycles. The fourth-order valence-corrected chi connectivity index (χ4v) is 6.35. The summed E-state index contributed by atoms with van der Waals surface area (Å²) in [6.07, 6.45) is 41.4. The molecule has 0 N–H and O–H groups in total. The average molecular weight is 555 g/mol. The van der Waals surface area contributed by atoms with Gasteiger partial charge in [-0.25, -0.2) is 0 Å². The number of anilines is 1. The highest BCUT2D eigenvalue weighted by molar-refractivity contribution is 5.58. The van der Waals surface area contributed by atoms with E-state index in [-0.39, 0.29) is 6.04 Å². The topological polar surface area (TPSA) is 6.48 Å². The van der Waals surface area contributed by atoms with E-state index < -0.39 is 0 Å². The third-order valence-electron chi connectivity index (χ3n) is 8.61. The summed E-state index contributed by atoms with van der Waals surface area (Å²) in [7, 11) is 0. The summed E-state index contributed by atoms with van der Waals surface area (Å²) >= 11 is 0. The maximum Gasteiger partial charge on any atom is 0.0562 e. The van der Waals surface area contributed by atoms with Gasteiger partial charge in [-0.05, 0) is 101 Å². The largest absolute Gasteiger partial charge is 0.338 e. The molecule has 2 nitrogen and oxygen atoms in total. The van der Waals surface area contributed by atoms with Crippen molar-refractivity contribution in [2.75, 3.05) is 4.90 Å². The quantitative estimate of drug-likeness (QED) is 0.198. The Morgan fingerprint density at radius 3 is 2.29 bits per heavy atom. The van der Waals surface area contributed by atoms with Crippen LogP contribution in [0.1, 0.15) is 57.4 Å². The normalized spacial score (nSPS) is 23.5. The molecule has 3 atom stereocenters. The van der Waals surface area contributed by atoms with Crippen molar-refractivity contribution in [1.29, 1.82) is 0 Å². The van der Waals surface area contributed by atoms with Gasteiger partial charge in [0.05, 0.1) is 12.1 Å². The zero-order valence-electron chi connectivity index (χ0n) is 25.5. The van der Waals surface area contributed by atoms with Crippen molar-refractivity contribution in [3.63, 3.8) is 0 Å². The first-order chi connectivity index (χ1) is 20.6. The lowest BCUT2D eigenvalue weighted by molar-refractivity contribution is 0.349. The third kappa shape index (κ3) is 7.23. The predicted octanol–water partition coefficient (Wildman–Crippen LogP) is 10.4. The first-order valence-electron chi connectivity index (χ1n) is 15.6. The number of hydrogen-bond acceptors (Lipinski definition) is 2. The van der Waals surface area contributed by atoms with E-state index in [2.05, 4.69) is 134 Å². The van der Waals surface area contributed by atoms with Gasteiger partial charge in [0.2, 0.25) is 0 Å². The number of aryl methyl sites for hydroxylation is 1. The van der Waals surface area contributed by atoms with Crippen LogP contribution in [0.5, 0.6) is 0 Å². The van der Waals surface area contributed by atoms with Crippen LogP contribution in [0.3, 0.4) is 0 Å². The summed E-state index contributed by atoms with van der Waals surface area (Å²) in [6, 6.07) is 9.60. The molecule has 216 valence electrons. The van der Waals surface area contributed by atoms with Gasteiger partial charge >= 0.3 is 0 Å². The molecule has 0 saturated carbocycles. The number of allylic oxidation sites excluding steroid dienone is 15. The second-order valence-electron chi connectivity index (χ2n) is 11.8. The molecular weight excluding hydrogens is 508 g/mol. The summed E-state index contributed by atoms with van der Waals surface area (Å²) < 4.78 is 0. The van der Waals surface area contributed by atoms with Crippen LogP contribution in [-0.4, -0.2) is 17.0 Å². The van der Waals surface area contributed by atoms with E-state index in [9.17, 15) is 0 Å². The van der Waals surface area contributed by atoms with Gasteiger partial charge in [0.15, 0.2) is 0 Å². The van der Waals surface area contributed by atoms with Gasteiger partial charge < -0.3 is 9.80 Å². The van der Waals surface area contributed by atoms with E-state index in [1.54, 1.807) is 0 Å². The number of rotatable bonds is 11. The summed E-state index contributed by atoms with van der Waals surface area (Å²) in [4.78, 5) is 5.17. The van der Waals surface area contributed by atoms with E-state index in [1.807, 2.05) is 18.2 Å². The Kier molecular flexibility index (Phi) is 9.98. The molecule has 0 spiro atoms. The third-order valence-corrected chi connectivity index (χ3v) is 8.61. The summed E-state index contributed by atoms with van der Waals surface area (Å²) in [5, 5.41) is 0. The van der Waals surface area contributed by atoms with Crippen molar-refractivity contribution >= 4 is 5.69 Å². The van der Waals surface area contributed by atoms with E-state index in [4.69, 9.17) is 0 Å². The minimum Gasteiger partial charge on any atom is -0.338 e. The molecular formula is C40H46N2. The minimum absolute atomic E-state index is 0.267. The highest BCUT2D eigenvalue weighted by Crippen LogP contribution is 2.37. The Hall–Kier alpha value is -4.04. The van der Waals surface area contributed by atoms with Crippen molar-refractivity contribution in [3.8, 4) is 0 Å². The molecule has 0 heterocycles. The van der Waals surface area contributed by atoms with Gasteiger partial charge in [-0.15, -0.1) is 6.58 Å². The monoisotopic (exact) mass is 554 g/mol. The molecule has 3 unspecified atom stereocenters. The van der Waals surface area contributed by atoms with Gasteiger partial charge in [0, 0.05) is 22.8 Å². The van der Waals surface area contributed by atoms with E-state index >= 15 is 0 Å². The lowest BCUT2D eigenvalue weighted by atomic mass is 9.91. The molecule has 0 amide bonds. The van der Waals surface area contributed by atoms with Crippen molar-refractivity contribution in [3.05, 3.63) is 162 Å². The fraction of sp³-hybridized carbons (Fsp3) is 0.300. The fourth-order valence-electron chi connectivity index (χ4n) is 6.35. The maximum absolute atomic E-state index is 3.95. The van der Waals surface area contributed by atoms with Crippen LogP contribution in [0.25, 0.3) is 0 Å². The van der Waals surface area contributed by atoms with E-state index in [0.29, 0.717) is 12.0 Å². The molecule has 0 saturated heterocycles. The number of hydrogen-bond donors (Lipinski definition) is 0. The molecule has 2 heteroatoms. The molecule has 0 aromatic heterocycles. The van der Waals surface area contributed by atoms with E-state index in [1.165, 1.54) is 39.5 Å². The zero-order valence-corrected chi connectivity index (χ0v) is 25.5. The van der Waals surface area contributed by atoms with Crippen molar-refractivity contribution in [2.24, 2.45) is 5.92 Å². The second kappa shape index (κ2) is 14.2. The average Bonchev–Trinajstić information content (AvgIpc) is 3.02. The Labute approximate surface area is 254 Å². The van der Waals surface area contributed by atoms with Crippen LogP contribution in [0.4, 0.5) is 5.69 Å². The summed E-state index contributed by atoms with van der Waals surface area (Å²) in [5.41, 5.74) is 9.24. The summed E-state index contributed by atoms with van der Waals surface area (Å²) in [5.74, 6) is 0.568. The second-order valence-corrected chi connectivity index (χ2v) is 11.8. The van der Waals surface area contributed by atoms with Gasteiger partial charge in [-0.1, -0.05) is 103 Å². The molecule has 42 heavy (non-hydrogen) atoms. The maximum atomic E-state index is 3.95. The molecule has 0 aliphatic heterocycles.